The summed E-state index contributed by atoms with van der Waals surface area (Å²) in [5.41, 5.74) is 2.05. The van der Waals surface area contributed by atoms with Gasteiger partial charge in [-0.05, 0) is 76.6 Å². The molecule has 0 unspecified atom stereocenters. The molecule has 8 nitrogen and oxygen atoms in total. The maximum atomic E-state index is 13.1. The van der Waals surface area contributed by atoms with Gasteiger partial charge in [0.25, 0.3) is 0 Å². The topological polar surface area (TPSA) is 93.2 Å². The number of benzene rings is 2. The highest BCUT2D eigenvalue weighted by Gasteiger charge is 2.36. The highest BCUT2D eigenvalue weighted by Crippen LogP contribution is 2.29. The van der Waals surface area contributed by atoms with Crippen molar-refractivity contribution in [2.45, 2.75) is 74.2 Å². The van der Waals surface area contributed by atoms with Crippen LogP contribution in [0.25, 0.3) is 0 Å². The number of rotatable bonds is 12. The molecule has 0 radical (unpaired) electrons. The largest absolute Gasteiger partial charge is 0.355 e. The molecule has 2 heterocycles. The molecule has 0 N–H and O–H groups in total. The van der Waals surface area contributed by atoms with E-state index >= 15 is 0 Å². The van der Waals surface area contributed by atoms with Crippen molar-refractivity contribution < 1.29 is 26.3 Å². The van der Waals surface area contributed by atoms with Crippen LogP contribution in [0.5, 0.6) is 0 Å². The molecule has 2 fully saturated rings. The minimum absolute atomic E-state index is 0.0784. The van der Waals surface area contributed by atoms with Gasteiger partial charge >= 0.3 is 0 Å². The molecular formula is C27H38N2O6S2. The van der Waals surface area contributed by atoms with E-state index < -0.39 is 20.0 Å². The lowest BCUT2D eigenvalue weighted by atomic mass is 10.2. The summed E-state index contributed by atoms with van der Waals surface area (Å²) in [5, 5.41) is 0. The second kappa shape index (κ2) is 12.4. The van der Waals surface area contributed by atoms with Crippen molar-refractivity contribution in [3.8, 4) is 0 Å². The molecule has 2 aromatic carbocycles. The maximum absolute atomic E-state index is 13.1. The molecule has 2 atom stereocenters. The lowest BCUT2D eigenvalue weighted by molar-refractivity contribution is -0.0592. The molecule has 37 heavy (non-hydrogen) atoms. The number of hydrogen-bond donors (Lipinski definition) is 0. The van der Waals surface area contributed by atoms with Crippen molar-refractivity contribution in [2.75, 3.05) is 33.1 Å². The molecule has 2 aliphatic heterocycles. The van der Waals surface area contributed by atoms with Gasteiger partial charge in [0, 0.05) is 25.2 Å². The van der Waals surface area contributed by atoms with Gasteiger partial charge in [-0.1, -0.05) is 35.4 Å². The first-order valence-corrected chi connectivity index (χ1v) is 15.9. The first-order chi connectivity index (χ1) is 17.7. The van der Waals surface area contributed by atoms with Crippen LogP contribution < -0.4 is 0 Å². The highest BCUT2D eigenvalue weighted by molar-refractivity contribution is 7.89. The Hall–Kier alpha value is -1.82. The fraction of sp³-hybridized carbons (Fsp3) is 0.556. The van der Waals surface area contributed by atoms with Crippen molar-refractivity contribution in [2.24, 2.45) is 0 Å². The molecule has 4 rings (SSSR count). The van der Waals surface area contributed by atoms with E-state index in [4.69, 9.17) is 9.47 Å². The average Bonchev–Trinajstić information content (AvgIpc) is 3.54. The molecule has 0 spiro atoms. The fourth-order valence-corrected chi connectivity index (χ4v) is 8.58. The molecule has 2 aromatic rings. The Morgan fingerprint density at radius 2 is 1.05 bits per heavy atom. The van der Waals surface area contributed by atoms with Gasteiger partial charge in [0.1, 0.15) is 6.79 Å². The van der Waals surface area contributed by atoms with Gasteiger partial charge < -0.3 is 9.47 Å². The first kappa shape index (κ1) is 28.2. The summed E-state index contributed by atoms with van der Waals surface area (Å²) < 4.78 is 66.8. The van der Waals surface area contributed by atoms with Crippen molar-refractivity contribution in [1.29, 1.82) is 0 Å². The second-order valence-corrected chi connectivity index (χ2v) is 13.7. The molecule has 0 aliphatic carbocycles. The number of nitrogens with zero attached hydrogens (tertiary/aromatic N) is 2. The van der Waals surface area contributed by atoms with Crippen molar-refractivity contribution >= 4 is 20.0 Å². The van der Waals surface area contributed by atoms with Crippen LogP contribution in [0.1, 0.15) is 49.7 Å². The van der Waals surface area contributed by atoms with Gasteiger partial charge in [0.15, 0.2) is 0 Å². The van der Waals surface area contributed by atoms with Gasteiger partial charge in [-0.3, -0.25) is 0 Å². The number of ether oxygens (including phenoxy) is 2. The Kier molecular flexibility index (Phi) is 9.42. The van der Waals surface area contributed by atoms with E-state index in [1.54, 1.807) is 32.9 Å². The second-order valence-electron chi connectivity index (χ2n) is 9.96. The maximum Gasteiger partial charge on any atom is 0.243 e. The van der Waals surface area contributed by atoms with E-state index in [1.807, 2.05) is 38.1 Å². The molecular weight excluding hydrogens is 512 g/mol. The van der Waals surface area contributed by atoms with Crippen LogP contribution in [0.15, 0.2) is 58.3 Å². The van der Waals surface area contributed by atoms with E-state index in [0.717, 1.165) is 36.8 Å². The normalized spacial score (nSPS) is 21.6. The summed E-state index contributed by atoms with van der Waals surface area (Å²) in [6.07, 6.45) is 4.55. The van der Waals surface area contributed by atoms with Gasteiger partial charge in [-0.2, -0.15) is 8.61 Å². The van der Waals surface area contributed by atoms with Crippen LogP contribution in [-0.4, -0.2) is 70.6 Å². The zero-order valence-corrected chi connectivity index (χ0v) is 23.3. The summed E-state index contributed by atoms with van der Waals surface area (Å²) >= 11 is 0. The predicted molar refractivity (Wildman–Crippen MR) is 142 cm³/mol. The third kappa shape index (κ3) is 6.79. The summed E-state index contributed by atoms with van der Waals surface area (Å²) in [6.45, 7) is 5.84. The molecule has 10 heteroatoms. The summed E-state index contributed by atoms with van der Waals surface area (Å²) in [5.74, 6) is 0. The molecule has 2 aliphatic rings. The van der Waals surface area contributed by atoms with Crippen molar-refractivity contribution in [3.05, 3.63) is 59.7 Å². The Labute approximate surface area is 221 Å². The predicted octanol–water partition coefficient (Wildman–Crippen LogP) is 4.08. The van der Waals surface area contributed by atoms with Crippen LogP contribution in [0.2, 0.25) is 0 Å². The molecule has 0 saturated carbocycles. The zero-order chi connectivity index (χ0) is 26.5. The van der Waals surface area contributed by atoms with Crippen LogP contribution in [0, 0.1) is 13.8 Å². The number of aryl methyl sites for hydroxylation is 2. The standard InChI is InChI=1S/C27H38N2O6S2/c1-22-7-11-26(12-8-22)36(30,31)28-17-3-5-24(28)15-19-34-21-35-20-16-25-6-4-18-29(25)37(32,33)27-13-9-23(2)10-14-27/h7-14,24-25H,3-6,15-21H2,1-2H3/t24-,25-/m0/s1. The smallest absolute Gasteiger partial charge is 0.243 e. The molecule has 0 amide bonds. The monoisotopic (exact) mass is 550 g/mol. The first-order valence-electron chi connectivity index (χ1n) is 13.0. The van der Waals surface area contributed by atoms with Gasteiger partial charge in [-0.25, -0.2) is 16.8 Å². The SMILES string of the molecule is Cc1ccc(S(=O)(=O)N2CCC[C@H]2CCOCOCC[C@@H]2CCCN2S(=O)(=O)c2ccc(C)cc2)cc1. The van der Waals surface area contributed by atoms with Crippen LogP contribution in [-0.2, 0) is 29.5 Å². The summed E-state index contributed by atoms with van der Waals surface area (Å²) in [6, 6.07) is 13.8. The highest BCUT2D eigenvalue weighted by atomic mass is 32.2. The van der Waals surface area contributed by atoms with E-state index in [-0.39, 0.29) is 18.9 Å². The van der Waals surface area contributed by atoms with E-state index in [0.29, 0.717) is 48.9 Å². The van der Waals surface area contributed by atoms with E-state index in [2.05, 4.69) is 0 Å². The Balaban J connectivity index is 1.18. The van der Waals surface area contributed by atoms with Crippen LogP contribution in [0.4, 0.5) is 0 Å². The van der Waals surface area contributed by atoms with E-state index in [1.165, 1.54) is 0 Å². The van der Waals surface area contributed by atoms with Gasteiger partial charge in [0.05, 0.1) is 23.0 Å². The molecule has 204 valence electrons. The zero-order valence-electron chi connectivity index (χ0n) is 21.7. The average molecular weight is 551 g/mol. The van der Waals surface area contributed by atoms with Crippen molar-refractivity contribution in [1.82, 2.24) is 8.61 Å². The Morgan fingerprint density at radius 3 is 1.43 bits per heavy atom. The van der Waals surface area contributed by atoms with Gasteiger partial charge in [0.2, 0.25) is 20.0 Å². The van der Waals surface area contributed by atoms with E-state index in [9.17, 15) is 16.8 Å². The lowest BCUT2D eigenvalue weighted by Crippen LogP contribution is -2.36. The fourth-order valence-electron chi connectivity index (χ4n) is 5.13. The number of sulfonamides is 2. The third-order valence-corrected chi connectivity index (χ3v) is 11.2. The quantitative estimate of drug-likeness (QED) is 0.292. The minimum Gasteiger partial charge on any atom is -0.355 e. The lowest BCUT2D eigenvalue weighted by Gasteiger charge is -2.24. The number of hydrogen-bond acceptors (Lipinski definition) is 6. The minimum atomic E-state index is -3.51. The summed E-state index contributed by atoms with van der Waals surface area (Å²) in [7, 11) is -7.02. The Morgan fingerprint density at radius 1 is 0.676 bits per heavy atom. The summed E-state index contributed by atoms with van der Waals surface area (Å²) in [4.78, 5) is 0.666. The Bertz CT molecular complexity index is 1130. The third-order valence-electron chi connectivity index (χ3n) is 7.26. The van der Waals surface area contributed by atoms with Gasteiger partial charge in [-0.15, -0.1) is 0 Å². The molecule has 0 bridgehead atoms. The molecule has 2 saturated heterocycles. The van der Waals surface area contributed by atoms with Crippen molar-refractivity contribution in [3.63, 3.8) is 0 Å². The van der Waals surface area contributed by atoms with Crippen LogP contribution in [0.3, 0.4) is 0 Å². The molecule has 0 aromatic heterocycles. The van der Waals surface area contributed by atoms with Crippen LogP contribution >= 0.6 is 0 Å².